The summed E-state index contributed by atoms with van der Waals surface area (Å²) in [5.41, 5.74) is 5.84. The average Bonchev–Trinajstić information content (AvgIpc) is 2.15. The second-order valence-corrected chi connectivity index (χ2v) is 4.75. The molecule has 0 aliphatic heterocycles. The maximum absolute atomic E-state index is 11.5. The number of nitrogens with two attached hydrogens (primary N) is 1. The second-order valence-electron chi connectivity index (χ2n) is 4.75. The van der Waals surface area contributed by atoms with Gasteiger partial charge in [-0.05, 0) is 19.8 Å². The molecule has 4 heteroatoms. The molecule has 15 heavy (non-hydrogen) atoms. The van der Waals surface area contributed by atoms with Crippen LogP contribution >= 0.6 is 0 Å². The summed E-state index contributed by atoms with van der Waals surface area (Å²) in [5, 5.41) is 11.7. The highest BCUT2D eigenvalue weighted by Gasteiger charge is 2.29. The average molecular weight is 214 g/mol. The largest absolute Gasteiger partial charge is 0.392 e. The van der Waals surface area contributed by atoms with Crippen molar-refractivity contribution in [3.63, 3.8) is 0 Å². The topological polar surface area (TPSA) is 75.3 Å². The standard InChI is InChI=1S/C11H22N2O2/c1-9(14)8-13-10(15)7-11(12)5-3-2-4-6-11/h9,14H,2-8,12H2,1H3,(H,13,15)/t9-/m0/s1. The molecule has 1 rings (SSSR count). The van der Waals surface area contributed by atoms with Gasteiger partial charge >= 0.3 is 0 Å². The van der Waals surface area contributed by atoms with Crippen molar-refractivity contribution in [2.45, 2.75) is 57.1 Å². The van der Waals surface area contributed by atoms with E-state index < -0.39 is 6.10 Å². The van der Waals surface area contributed by atoms with Crippen LogP contribution in [0.25, 0.3) is 0 Å². The van der Waals surface area contributed by atoms with Crippen LogP contribution in [0.15, 0.2) is 0 Å². The molecule has 4 nitrogen and oxygen atoms in total. The van der Waals surface area contributed by atoms with Gasteiger partial charge in [-0.1, -0.05) is 19.3 Å². The highest BCUT2D eigenvalue weighted by atomic mass is 16.3. The van der Waals surface area contributed by atoms with Gasteiger partial charge in [0.2, 0.25) is 5.91 Å². The van der Waals surface area contributed by atoms with Crippen molar-refractivity contribution in [2.24, 2.45) is 5.73 Å². The van der Waals surface area contributed by atoms with Crippen LogP contribution in [0, 0.1) is 0 Å². The molecule has 0 saturated heterocycles. The number of hydrogen-bond acceptors (Lipinski definition) is 3. The van der Waals surface area contributed by atoms with E-state index in [-0.39, 0.29) is 11.4 Å². The molecular weight excluding hydrogens is 192 g/mol. The second kappa shape index (κ2) is 5.47. The minimum absolute atomic E-state index is 0.0414. The van der Waals surface area contributed by atoms with Crippen LogP contribution in [-0.4, -0.2) is 29.2 Å². The number of carbonyl (C=O) groups is 1. The molecule has 88 valence electrons. The van der Waals surface area contributed by atoms with Gasteiger partial charge in [0.1, 0.15) is 0 Å². The number of carbonyl (C=O) groups excluding carboxylic acids is 1. The van der Waals surface area contributed by atoms with Crippen LogP contribution in [0.4, 0.5) is 0 Å². The lowest BCUT2D eigenvalue weighted by Gasteiger charge is -2.32. The van der Waals surface area contributed by atoms with Gasteiger partial charge in [-0.2, -0.15) is 0 Å². The zero-order chi connectivity index (χ0) is 11.3. The molecule has 1 atom stereocenters. The molecule has 0 spiro atoms. The van der Waals surface area contributed by atoms with Crippen molar-refractivity contribution in [1.82, 2.24) is 5.32 Å². The molecule has 1 fully saturated rings. The number of rotatable bonds is 4. The van der Waals surface area contributed by atoms with E-state index >= 15 is 0 Å². The first-order valence-electron chi connectivity index (χ1n) is 5.75. The minimum Gasteiger partial charge on any atom is -0.392 e. The molecule has 0 radical (unpaired) electrons. The molecule has 0 aromatic carbocycles. The first-order chi connectivity index (χ1) is 7.02. The van der Waals surface area contributed by atoms with E-state index in [0.29, 0.717) is 13.0 Å². The Labute approximate surface area is 91.2 Å². The molecule has 1 saturated carbocycles. The van der Waals surface area contributed by atoms with Gasteiger partial charge in [0, 0.05) is 18.5 Å². The predicted molar refractivity (Wildman–Crippen MR) is 59.3 cm³/mol. The van der Waals surface area contributed by atoms with E-state index in [0.717, 1.165) is 25.7 Å². The van der Waals surface area contributed by atoms with Gasteiger partial charge in [0.05, 0.1) is 6.10 Å². The van der Waals surface area contributed by atoms with Gasteiger partial charge in [-0.25, -0.2) is 0 Å². The fourth-order valence-corrected chi connectivity index (χ4v) is 2.08. The zero-order valence-corrected chi connectivity index (χ0v) is 9.46. The predicted octanol–water partition coefficient (Wildman–Crippen LogP) is 0.535. The summed E-state index contributed by atoms with van der Waals surface area (Å²) >= 11 is 0. The van der Waals surface area contributed by atoms with E-state index in [1.54, 1.807) is 6.92 Å². The molecule has 4 N–H and O–H groups in total. The van der Waals surface area contributed by atoms with Crippen molar-refractivity contribution < 1.29 is 9.90 Å². The molecule has 0 aromatic rings. The van der Waals surface area contributed by atoms with Crippen LogP contribution in [0.2, 0.25) is 0 Å². The Kier molecular flexibility index (Phi) is 4.54. The molecule has 0 unspecified atom stereocenters. The van der Waals surface area contributed by atoms with Gasteiger partial charge in [-0.15, -0.1) is 0 Å². The fraction of sp³-hybridized carbons (Fsp3) is 0.909. The van der Waals surface area contributed by atoms with E-state index in [4.69, 9.17) is 10.8 Å². The summed E-state index contributed by atoms with van der Waals surface area (Å²) in [7, 11) is 0. The zero-order valence-electron chi connectivity index (χ0n) is 9.46. The Balaban J connectivity index is 2.29. The summed E-state index contributed by atoms with van der Waals surface area (Å²) < 4.78 is 0. The third kappa shape index (κ3) is 4.62. The van der Waals surface area contributed by atoms with Crippen LogP contribution < -0.4 is 11.1 Å². The maximum atomic E-state index is 11.5. The molecule has 0 bridgehead atoms. The number of aliphatic hydroxyl groups is 1. The van der Waals surface area contributed by atoms with E-state index in [9.17, 15) is 4.79 Å². The maximum Gasteiger partial charge on any atom is 0.221 e. The van der Waals surface area contributed by atoms with Gasteiger partial charge in [0.25, 0.3) is 0 Å². The molecule has 0 aromatic heterocycles. The first-order valence-corrected chi connectivity index (χ1v) is 5.75. The molecule has 1 aliphatic carbocycles. The highest BCUT2D eigenvalue weighted by Crippen LogP contribution is 2.28. The van der Waals surface area contributed by atoms with Gasteiger partial charge in [0.15, 0.2) is 0 Å². The normalized spacial score (nSPS) is 22.1. The molecule has 0 heterocycles. The number of aliphatic hydroxyl groups excluding tert-OH is 1. The lowest BCUT2D eigenvalue weighted by molar-refractivity contribution is -0.123. The van der Waals surface area contributed by atoms with Crippen molar-refractivity contribution in [1.29, 1.82) is 0 Å². The van der Waals surface area contributed by atoms with Crippen LogP contribution in [-0.2, 0) is 4.79 Å². The highest BCUT2D eigenvalue weighted by molar-refractivity contribution is 5.77. The van der Waals surface area contributed by atoms with E-state index in [2.05, 4.69) is 5.32 Å². The van der Waals surface area contributed by atoms with Gasteiger partial charge < -0.3 is 16.2 Å². The third-order valence-electron chi connectivity index (χ3n) is 2.96. The Morgan fingerprint density at radius 1 is 1.47 bits per heavy atom. The van der Waals surface area contributed by atoms with Crippen molar-refractivity contribution >= 4 is 5.91 Å². The Bertz CT molecular complexity index is 211. The SMILES string of the molecule is C[C@H](O)CNC(=O)CC1(N)CCCCC1. The molecular formula is C11H22N2O2. The van der Waals surface area contributed by atoms with Gasteiger partial charge in [-0.3, -0.25) is 4.79 Å². The third-order valence-corrected chi connectivity index (χ3v) is 2.96. The number of amides is 1. The summed E-state index contributed by atoms with van der Waals surface area (Å²) in [5.74, 6) is -0.0414. The molecule has 1 amide bonds. The first kappa shape index (κ1) is 12.5. The van der Waals surface area contributed by atoms with E-state index in [1.807, 2.05) is 0 Å². The van der Waals surface area contributed by atoms with Crippen molar-refractivity contribution in [2.75, 3.05) is 6.54 Å². The summed E-state index contributed by atoms with van der Waals surface area (Å²) in [6.07, 6.45) is 5.26. The summed E-state index contributed by atoms with van der Waals surface area (Å²) in [4.78, 5) is 11.5. The number of nitrogens with one attached hydrogen (secondary N) is 1. The smallest absolute Gasteiger partial charge is 0.221 e. The lowest BCUT2D eigenvalue weighted by atomic mass is 9.80. The Morgan fingerprint density at radius 2 is 2.07 bits per heavy atom. The lowest BCUT2D eigenvalue weighted by Crippen LogP contribution is -2.46. The quantitative estimate of drug-likeness (QED) is 0.639. The van der Waals surface area contributed by atoms with Crippen LogP contribution in [0.1, 0.15) is 45.4 Å². The number of hydrogen-bond donors (Lipinski definition) is 3. The van der Waals surface area contributed by atoms with Crippen molar-refractivity contribution in [3.05, 3.63) is 0 Å². The summed E-state index contributed by atoms with van der Waals surface area (Å²) in [6, 6.07) is 0. The minimum atomic E-state index is -0.492. The van der Waals surface area contributed by atoms with Crippen LogP contribution in [0.3, 0.4) is 0 Å². The van der Waals surface area contributed by atoms with Crippen molar-refractivity contribution in [3.8, 4) is 0 Å². The van der Waals surface area contributed by atoms with Crippen LogP contribution in [0.5, 0.6) is 0 Å². The van der Waals surface area contributed by atoms with E-state index in [1.165, 1.54) is 6.42 Å². The Morgan fingerprint density at radius 3 is 2.60 bits per heavy atom. The Hall–Kier alpha value is -0.610. The molecule has 1 aliphatic rings. The fourth-order valence-electron chi connectivity index (χ4n) is 2.08. The monoisotopic (exact) mass is 214 g/mol. The summed E-state index contributed by atoms with van der Waals surface area (Å²) in [6.45, 7) is 1.97.